The number of hydrogen-bond donors (Lipinski definition) is 0. The zero-order valence-corrected chi connectivity index (χ0v) is 7.78. The number of methoxy groups -OCH3 is 1. The van der Waals surface area contributed by atoms with Crippen LogP contribution in [0.15, 0.2) is 23.7 Å². The molecule has 0 saturated heterocycles. The topological polar surface area (TPSA) is 47.9 Å². The molecule has 4 nitrogen and oxygen atoms in total. The monoisotopic (exact) mass is 193 g/mol. The van der Waals surface area contributed by atoms with Gasteiger partial charge in [0.25, 0.3) is 0 Å². The Kier molecular flexibility index (Phi) is 2.18. The van der Waals surface area contributed by atoms with Gasteiger partial charge in [-0.1, -0.05) is 11.2 Å². The minimum absolute atomic E-state index is 0.297. The Morgan fingerprint density at radius 1 is 1.46 bits per heavy atom. The number of aromatic nitrogens is 3. The van der Waals surface area contributed by atoms with E-state index in [9.17, 15) is 0 Å². The fraction of sp³-hybridized carbons (Fsp3) is 0.125. The molecule has 0 radical (unpaired) electrons. The smallest absolute Gasteiger partial charge is 0.335 e. The first-order chi connectivity index (χ1) is 6.40. The Bertz CT molecular complexity index is 388. The van der Waals surface area contributed by atoms with Gasteiger partial charge < -0.3 is 4.74 Å². The Balaban J connectivity index is 2.41. The summed E-state index contributed by atoms with van der Waals surface area (Å²) in [6, 6.07) is 4.24. The van der Waals surface area contributed by atoms with Crippen molar-refractivity contribution in [2.45, 2.75) is 0 Å². The number of thiophene rings is 1. The summed E-state index contributed by atoms with van der Waals surface area (Å²) in [6.45, 7) is 0. The Morgan fingerprint density at radius 3 is 3.08 bits per heavy atom. The Hall–Kier alpha value is -1.49. The summed E-state index contributed by atoms with van der Waals surface area (Å²) >= 11 is 1.61. The maximum Gasteiger partial charge on any atom is 0.335 e. The van der Waals surface area contributed by atoms with E-state index in [2.05, 4.69) is 15.2 Å². The molecule has 0 amide bonds. The first-order valence-electron chi connectivity index (χ1n) is 3.68. The van der Waals surface area contributed by atoms with Crippen molar-refractivity contribution in [2.24, 2.45) is 0 Å². The second-order valence-corrected chi connectivity index (χ2v) is 3.25. The molecule has 0 saturated carbocycles. The molecule has 0 atom stereocenters. The first-order valence-corrected chi connectivity index (χ1v) is 4.55. The number of ether oxygens (including phenoxy) is 1. The molecule has 0 spiro atoms. The van der Waals surface area contributed by atoms with Gasteiger partial charge in [0, 0.05) is 0 Å². The van der Waals surface area contributed by atoms with Gasteiger partial charge in [0.1, 0.15) is 5.69 Å². The number of hydrogen-bond acceptors (Lipinski definition) is 5. The zero-order valence-electron chi connectivity index (χ0n) is 6.97. The molecule has 0 unspecified atom stereocenters. The highest BCUT2D eigenvalue weighted by molar-refractivity contribution is 7.13. The maximum atomic E-state index is 4.87. The number of nitrogens with zero attached hydrogens (tertiary/aromatic N) is 3. The lowest BCUT2D eigenvalue weighted by molar-refractivity contribution is 0.374. The summed E-state index contributed by atoms with van der Waals surface area (Å²) in [5, 5.41) is 9.46. The van der Waals surface area contributed by atoms with Gasteiger partial charge in [-0.05, 0) is 11.4 Å². The lowest BCUT2D eigenvalue weighted by Crippen LogP contribution is -1.94. The average molecular weight is 193 g/mol. The molecule has 0 aromatic carbocycles. The fourth-order valence-corrected chi connectivity index (χ4v) is 1.60. The van der Waals surface area contributed by atoms with Crippen LogP contribution in [0.2, 0.25) is 0 Å². The third-order valence-corrected chi connectivity index (χ3v) is 2.39. The molecular weight excluding hydrogens is 186 g/mol. The van der Waals surface area contributed by atoms with Crippen LogP contribution in [0, 0.1) is 0 Å². The van der Waals surface area contributed by atoms with E-state index < -0.39 is 0 Å². The van der Waals surface area contributed by atoms with E-state index in [1.807, 2.05) is 17.5 Å². The van der Waals surface area contributed by atoms with Crippen LogP contribution < -0.4 is 4.74 Å². The van der Waals surface area contributed by atoms with Crippen molar-refractivity contribution in [1.82, 2.24) is 15.2 Å². The molecule has 0 aliphatic carbocycles. The number of rotatable bonds is 2. The summed E-state index contributed by atoms with van der Waals surface area (Å²) < 4.78 is 4.87. The van der Waals surface area contributed by atoms with Crippen LogP contribution in [0.4, 0.5) is 0 Å². The molecule has 0 aliphatic rings. The van der Waals surface area contributed by atoms with Gasteiger partial charge in [-0.2, -0.15) is 10.1 Å². The normalized spacial score (nSPS) is 9.92. The summed E-state index contributed by atoms with van der Waals surface area (Å²) in [7, 11) is 1.52. The molecule has 0 bridgehead atoms. The third-order valence-electron chi connectivity index (χ3n) is 1.50. The highest BCUT2D eigenvalue weighted by Crippen LogP contribution is 2.22. The van der Waals surface area contributed by atoms with Crippen molar-refractivity contribution in [3.8, 4) is 16.6 Å². The Labute approximate surface area is 79.2 Å². The van der Waals surface area contributed by atoms with Crippen molar-refractivity contribution in [3.63, 3.8) is 0 Å². The first kappa shape index (κ1) is 8.12. The van der Waals surface area contributed by atoms with Gasteiger partial charge >= 0.3 is 6.01 Å². The lowest BCUT2D eigenvalue weighted by atomic mass is 10.4. The average Bonchev–Trinajstić information content (AvgIpc) is 2.71. The zero-order chi connectivity index (χ0) is 9.10. The van der Waals surface area contributed by atoms with Gasteiger partial charge in [0.05, 0.1) is 18.2 Å². The molecule has 0 fully saturated rings. The molecule has 13 heavy (non-hydrogen) atoms. The van der Waals surface area contributed by atoms with E-state index >= 15 is 0 Å². The van der Waals surface area contributed by atoms with Crippen molar-refractivity contribution in [3.05, 3.63) is 23.7 Å². The quantitative estimate of drug-likeness (QED) is 0.727. The lowest BCUT2D eigenvalue weighted by Gasteiger charge is -1.97. The molecule has 0 aliphatic heterocycles. The second kappa shape index (κ2) is 3.49. The molecule has 2 aromatic rings. The van der Waals surface area contributed by atoms with Crippen molar-refractivity contribution >= 4 is 11.3 Å². The SMILES string of the molecule is COc1nncc(-c2cccs2)n1. The molecule has 66 valence electrons. The van der Waals surface area contributed by atoms with Crippen molar-refractivity contribution in [2.75, 3.05) is 7.11 Å². The van der Waals surface area contributed by atoms with Gasteiger partial charge in [-0.3, -0.25) is 0 Å². The van der Waals surface area contributed by atoms with E-state index in [-0.39, 0.29) is 0 Å². The predicted octanol–water partition coefficient (Wildman–Crippen LogP) is 1.61. The summed E-state index contributed by atoms with van der Waals surface area (Å²) in [5.74, 6) is 0. The minimum atomic E-state index is 0.297. The standard InChI is InChI=1S/C8H7N3OS/c1-12-8-10-6(5-9-11-8)7-3-2-4-13-7/h2-5H,1H3. The minimum Gasteiger partial charge on any atom is -0.466 e. The molecule has 0 N–H and O–H groups in total. The van der Waals surface area contributed by atoms with Crippen molar-refractivity contribution < 1.29 is 4.74 Å². The van der Waals surface area contributed by atoms with Gasteiger partial charge in [0.2, 0.25) is 0 Å². The fourth-order valence-electron chi connectivity index (χ4n) is 0.917. The van der Waals surface area contributed by atoms with Crippen LogP contribution in [-0.2, 0) is 0 Å². The Morgan fingerprint density at radius 2 is 2.38 bits per heavy atom. The molecule has 5 heteroatoms. The summed E-state index contributed by atoms with van der Waals surface area (Å²) in [6.07, 6.45) is 1.62. The van der Waals surface area contributed by atoms with Gasteiger partial charge in [-0.25, -0.2) is 0 Å². The van der Waals surface area contributed by atoms with E-state index in [0.29, 0.717) is 6.01 Å². The van der Waals surface area contributed by atoms with Gasteiger partial charge in [0.15, 0.2) is 0 Å². The highest BCUT2D eigenvalue weighted by atomic mass is 32.1. The molecule has 2 aromatic heterocycles. The molecule has 2 rings (SSSR count). The van der Waals surface area contributed by atoms with E-state index in [1.54, 1.807) is 17.5 Å². The predicted molar refractivity (Wildman–Crippen MR) is 49.7 cm³/mol. The summed E-state index contributed by atoms with van der Waals surface area (Å²) in [4.78, 5) is 5.21. The van der Waals surface area contributed by atoms with Crippen LogP contribution >= 0.6 is 11.3 Å². The van der Waals surface area contributed by atoms with E-state index in [0.717, 1.165) is 10.6 Å². The van der Waals surface area contributed by atoms with Crippen LogP contribution in [0.1, 0.15) is 0 Å². The molecular formula is C8H7N3OS. The van der Waals surface area contributed by atoms with Crippen LogP contribution in [-0.4, -0.2) is 22.3 Å². The largest absolute Gasteiger partial charge is 0.466 e. The van der Waals surface area contributed by atoms with Crippen LogP contribution in [0.3, 0.4) is 0 Å². The highest BCUT2D eigenvalue weighted by Gasteiger charge is 2.02. The second-order valence-electron chi connectivity index (χ2n) is 2.31. The molecule has 2 heterocycles. The summed E-state index contributed by atoms with van der Waals surface area (Å²) in [5.41, 5.74) is 0.793. The van der Waals surface area contributed by atoms with Gasteiger partial charge in [-0.15, -0.1) is 11.3 Å². The van der Waals surface area contributed by atoms with E-state index in [4.69, 9.17) is 4.74 Å². The van der Waals surface area contributed by atoms with E-state index in [1.165, 1.54) is 7.11 Å². The van der Waals surface area contributed by atoms with Crippen LogP contribution in [0.5, 0.6) is 6.01 Å². The van der Waals surface area contributed by atoms with Crippen molar-refractivity contribution in [1.29, 1.82) is 0 Å². The maximum absolute atomic E-state index is 4.87. The third kappa shape index (κ3) is 1.65. The van der Waals surface area contributed by atoms with Crippen LogP contribution in [0.25, 0.3) is 10.6 Å².